The molecule has 0 bridgehead atoms. The number of nitrogens with two attached hydrogens (primary N) is 1. The van der Waals surface area contributed by atoms with Crippen molar-refractivity contribution in [2.24, 2.45) is 11.7 Å². The van der Waals surface area contributed by atoms with E-state index < -0.39 is 9.84 Å². The summed E-state index contributed by atoms with van der Waals surface area (Å²) in [5.74, 6) is 1.40. The summed E-state index contributed by atoms with van der Waals surface area (Å²) in [5, 5.41) is 0. The molecule has 0 spiro atoms. The summed E-state index contributed by atoms with van der Waals surface area (Å²) in [6.45, 7) is 1.66. The van der Waals surface area contributed by atoms with E-state index in [0.717, 1.165) is 12.5 Å². The molecule has 0 unspecified atom stereocenters. The molecule has 18 heavy (non-hydrogen) atoms. The topological polar surface area (TPSA) is 63.4 Å². The highest BCUT2D eigenvalue weighted by Gasteiger charge is 2.40. The number of likely N-dealkylation sites (N-methyl/N-ethyl adjacent to an activating group) is 1. The lowest BCUT2D eigenvalue weighted by Gasteiger charge is -2.44. The molecule has 1 aliphatic carbocycles. The largest absolute Gasteiger partial charge is 0.329 e. The van der Waals surface area contributed by atoms with E-state index in [1.165, 1.54) is 25.7 Å². The summed E-state index contributed by atoms with van der Waals surface area (Å²) < 4.78 is 23.1. The average Bonchev–Trinajstić information content (AvgIpc) is 2.82. The Kier molecular flexibility index (Phi) is 4.34. The van der Waals surface area contributed by atoms with Crippen LogP contribution in [0, 0.1) is 5.92 Å². The van der Waals surface area contributed by atoms with Crippen molar-refractivity contribution in [3.05, 3.63) is 0 Å². The number of sulfone groups is 1. The summed E-state index contributed by atoms with van der Waals surface area (Å²) in [7, 11) is -0.679. The number of hydrogen-bond donors (Lipinski definition) is 1. The van der Waals surface area contributed by atoms with Crippen molar-refractivity contribution in [3.8, 4) is 0 Å². The maximum Gasteiger partial charge on any atom is 0.150 e. The maximum absolute atomic E-state index is 11.6. The van der Waals surface area contributed by atoms with Crippen LogP contribution in [0.3, 0.4) is 0 Å². The fourth-order valence-electron chi connectivity index (χ4n) is 3.43. The summed E-state index contributed by atoms with van der Waals surface area (Å²) in [6, 6.07) is 0. The first-order chi connectivity index (χ1) is 8.47. The number of hydrogen-bond acceptors (Lipinski definition) is 4. The average molecular weight is 274 g/mol. The van der Waals surface area contributed by atoms with Crippen LogP contribution in [0.25, 0.3) is 0 Å². The minimum atomic E-state index is -2.81. The zero-order valence-corrected chi connectivity index (χ0v) is 12.2. The Labute approximate surface area is 111 Å². The summed E-state index contributed by atoms with van der Waals surface area (Å²) >= 11 is 0. The van der Waals surface area contributed by atoms with Gasteiger partial charge < -0.3 is 5.73 Å². The van der Waals surface area contributed by atoms with Crippen LogP contribution in [0.2, 0.25) is 0 Å². The Morgan fingerprint density at radius 2 is 1.78 bits per heavy atom. The fraction of sp³-hybridized carbons (Fsp3) is 1.00. The van der Waals surface area contributed by atoms with Crippen molar-refractivity contribution in [2.75, 3.05) is 31.6 Å². The van der Waals surface area contributed by atoms with Gasteiger partial charge in [0.15, 0.2) is 0 Å². The smallest absolute Gasteiger partial charge is 0.150 e. The zero-order valence-electron chi connectivity index (χ0n) is 11.4. The van der Waals surface area contributed by atoms with Crippen LogP contribution in [0.1, 0.15) is 38.5 Å². The predicted octanol–water partition coefficient (Wildman–Crippen LogP) is 1.01. The first-order valence-corrected chi connectivity index (χ1v) is 8.91. The van der Waals surface area contributed by atoms with Gasteiger partial charge in [-0.2, -0.15) is 0 Å². The standard InChI is InChI=1S/C13H26N2O2S/c1-15(10-12-4-2-3-5-12)13(11-14)6-8-18(16,17)9-7-13/h12H,2-11,14H2,1H3. The SMILES string of the molecule is CN(CC1CCCC1)C1(CN)CCS(=O)(=O)CC1. The maximum atomic E-state index is 11.6. The van der Waals surface area contributed by atoms with E-state index in [1.54, 1.807) is 0 Å². The fourth-order valence-corrected chi connectivity index (χ4v) is 5.02. The van der Waals surface area contributed by atoms with Gasteiger partial charge in [0.25, 0.3) is 0 Å². The normalized spacial score (nSPS) is 27.7. The zero-order chi connectivity index (χ0) is 13.2. The Bertz CT molecular complexity index is 360. The van der Waals surface area contributed by atoms with E-state index >= 15 is 0 Å². The molecule has 106 valence electrons. The Hall–Kier alpha value is -0.130. The summed E-state index contributed by atoms with van der Waals surface area (Å²) in [4.78, 5) is 2.36. The molecule has 1 saturated carbocycles. The quantitative estimate of drug-likeness (QED) is 0.831. The number of nitrogens with zero attached hydrogens (tertiary/aromatic N) is 1. The van der Waals surface area contributed by atoms with Crippen LogP contribution >= 0.6 is 0 Å². The minimum Gasteiger partial charge on any atom is -0.329 e. The number of rotatable bonds is 4. The molecule has 2 N–H and O–H groups in total. The van der Waals surface area contributed by atoms with Crippen LogP contribution in [0.15, 0.2) is 0 Å². The van der Waals surface area contributed by atoms with Crippen molar-refractivity contribution in [1.82, 2.24) is 4.90 Å². The molecule has 4 nitrogen and oxygen atoms in total. The molecule has 2 fully saturated rings. The van der Waals surface area contributed by atoms with Gasteiger partial charge in [0.05, 0.1) is 11.5 Å². The molecule has 0 aromatic heterocycles. The lowest BCUT2D eigenvalue weighted by atomic mass is 9.89. The van der Waals surface area contributed by atoms with Crippen LogP contribution in [0.4, 0.5) is 0 Å². The molecule has 2 aliphatic rings. The first kappa shape index (κ1) is 14.3. The van der Waals surface area contributed by atoms with Gasteiger partial charge in [-0.05, 0) is 38.6 Å². The molecule has 1 aliphatic heterocycles. The van der Waals surface area contributed by atoms with Crippen LogP contribution in [-0.4, -0.2) is 50.5 Å². The van der Waals surface area contributed by atoms with Gasteiger partial charge in [-0.1, -0.05) is 12.8 Å². The molecule has 0 aromatic rings. The second kappa shape index (κ2) is 5.47. The van der Waals surface area contributed by atoms with Gasteiger partial charge in [-0.15, -0.1) is 0 Å². The summed E-state index contributed by atoms with van der Waals surface area (Å²) in [5.41, 5.74) is 5.89. The third kappa shape index (κ3) is 3.06. The highest BCUT2D eigenvalue weighted by atomic mass is 32.2. The molecule has 1 heterocycles. The Balaban J connectivity index is 1.98. The van der Waals surface area contributed by atoms with Gasteiger partial charge in [0.2, 0.25) is 0 Å². The first-order valence-electron chi connectivity index (χ1n) is 7.09. The van der Waals surface area contributed by atoms with Crippen molar-refractivity contribution in [2.45, 2.75) is 44.1 Å². The second-order valence-electron chi connectivity index (χ2n) is 6.11. The van der Waals surface area contributed by atoms with Crippen LogP contribution in [0.5, 0.6) is 0 Å². The summed E-state index contributed by atoms with van der Waals surface area (Å²) in [6.07, 6.45) is 6.75. The van der Waals surface area contributed by atoms with Crippen LogP contribution < -0.4 is 5.73 Å². The molecule has 0 atom stereocenters. The molecular formula is C13H26N2O2S. The van der Waals surface area contributed by atoms with Gasteiger partial charge in [-0.3, -0.25) is 4.90 Å². The predicted molar refractivity (Wildman–Crippen MR) is 74.3 cm³/mol. The second-order valence-corrected chi connectivity index (χ2v) is 8.41. The van der Waals surface area contributed by atoms with Crippen LogP contribution in [-0.2, 0) is 9.84 Å². The molecule has 0 radical (unpaired) electrons. The Morgan fingerprint density at radius 1 is 1.22 bits per heavy atom. The molecule has 0 amide bonds. The monoisotopic (exact) mass is 274 g/mol. The van der Waals surface area contributed by atoms with E-state index in [2.05, 4.69) is 11.9 Å². The van der Waals surface area contributed by atoms with Gasteiger partial charge in [0.1, 0.15) is 9.84 Å². The van der Waals surface area contributed by atoms with E-state index in [9.17, 15) is 8.42 Å². The molecule has 1 saturated heterocycles. The van der Waals surface area contributed by atoms with E-state index in [4.69, 9.17) is 5.73 Å². The van der Waals surface area contributed by atoms with Gasteiger partial charge in [0, 0.05) is 18.6 Å². The molecular weight excluding hydrogens is 248 g/mol. The molecule has 5 heteroatoms. The van der Waals surface area contributed by atoms with Gasteiger partial charge >= 0.3 is 0 Å². The lowest BCUT2D eigenvalue weighted by Crippen LogP contribution is -2.57. The molecule has 2 rings (SSSR count). The van der Waals surface area contributed by atoms with Crippen molar-refractivity contribution in [1.29, 1.82) is 0 Å². The van der Waals surface area contributed by atoms with Crippen molar-refractivity contribution in [3.63, 3.8) is 0 Å². The Morgan fingerprint density at radius 3 is 2.28 bits per heavy atom. The molecule has 0 aromatic carbocycles. The third-order valence-corrected chi connectivity index (χ3v) is 6.61. The highest BCUT2D eigenvalue weighted by Crippen LogP contribution is 2.32. The van der Waals surface area contributed by atoms with E-state index in [-0.39, 0.29) is 5.54 Å². The van der Waals surface area contributed by atoms with E-state index in [0.29, 0.717) is 30.9 Å². The minimum absolute atomic E-state index is 0.0755. The lowest BCUT2D eigenvalue weighted by molar-refractivity contribution is 0.0951. The van der Waals surface area contributed by atoms with E-state index in [1.807, 2.05) is 0 Å². The van der Waals surface area contributed by atoms with Gasteiger partial charge in [-0.25, -0.2) is 8.42 Å². The third-order valence-electron chi connectivity index (χ3n) is 4.95. The highest BCUT2D eigenvalue weighted by molar-refractivity contribution is 7.91. The van der Waals surface area contributed by atoms with Crippen molar-refractivity contribution < 1.29 is 8.42 Å². The van der Waals surface area contributed by atoms with Crippen molar-refractivity contribution >= 4 is 9.84 Å².